The number of nitrogens with two attached hydrogens (primary N) is 1. The van der Waals surface area contributed by atoms with Gasteiger partial charge in [-0.15, -0.1) is 0 Å². The van der Waals surface area contributed by atoms with Crippen LogP contribution in [-0.4, -0.2) is 22.9 Å². The zero-order valence-electron chi connectivity index (χ0n) is 12.5. The Kier molecular flexibility index (Phi) is 5.53. The van der Waals surface area contributed by atoms with Gasteiger partial charge in [0.2, 0.25) is 5.91 Å². The number of amides is 1. The Bertz CT molecular complexity index is 515. The average Bonchev–Trinajstić information content (AvgIpc) is 3.22. The summed E-state index contributed by atoms with van der Waals surface area (Å²) in [7, 11) is 0. The molecule has 1 fully saturated rings. The quantitative estimate of drug-likeness (QED) is 0.861. The third kappa shape index (κ3) is 4.60. The maximum absolute atomic E-state index is 12.6. The summed E-state index contributed by atoms with van der Waals surface area (Å²) in [4.78, 5) is 14.5. The fraction of sp³-hybridized carbons (Fsp3) is 0.562. The zero-order chi connectivity index (χ0) is 15.6. The predicted molar refractivity (Wildman–Crippen MR) is 87.5 cm³/mol. The molecule has 0 unspecified atom stereocenters. The monoisotopic (exact) mass is 328 g/mol. The average molecular weight is 329 g/mol. The molecular weight excluding hydrogens is 307 g/mol. The fourth-order valence-corrected chi connectivity index (χ4v) is 2.75. The van der Waals surface area contributed by atoms with Gasteiger partial charge in [-0.2, -0.15) is 0 Å². The topological polar surface area (TPSA) is 46.3 Å². The van der Waals surface area contributed by atoms with Crippen LogP contribution in [0.5, 0.6) is 0 Å². The summed E-state index contributed by atoms with van der Waals surface area (Å²) in [5.74, 6) is 0.451. The van der Waals surface area contributed by atoms with Crippen LogP contribution in [0.1, 0.15) is 38.7 Å². The molecule has 0 aliphatic heterocycles. The van der Waals surface area contributed by atoms with Crippen LogP contribution in [-0.2, 0) is 11.3 Å². The van der Waals surface area contributed by atoms with E-state index in [-0.39, 0.29) is 5.91 Å². The van der Waals surface area contributed by atoms with Crippen LogP contribution in [0.3, 0.4) is 0 Å². The minimum absolute atomic E-state index is 0.0391. The molecule has 0 radical (unpaired) electrons. The van der Waals surface area contributed by atoms with E-state index in [1.165, 1.54) is 0 Å². The predicted octanol–water partition coefficient (Wildman–Crippen LogP) is 3.86. The van der Waals surface area contributed by atoms with Crippen molar-refractivity contribution in [2.75, 3.05) is 0 Å². The molecule has 0 aromatic heterocycles. The Labute approximate surface area is 136 Å². The molecule has 0 bridgehead atoms. The standard InChI is InChI=1S/C16H22Cl2N2O/c1-10(2)7-15(19)16(21)20(12-4-5-12)9-11-3-6-13(17)14(18)8-11/h3,6,8,10,12,15H,4-5,7,9,19H2,1-2H3/t15-/m0/s1. The van der Waals surface area contributed by atoms with Crippen LogP contribution in [0, 0.1) is 5.92 Å². The van der Waals surface area contributed by atoms with Gasteiger partial charge < -0.3 is 10.6 Å². The molecule has 0 spiro atoms. The van der Waals surface area contributed by atoms with Gasteiger partial charge >= 0.3 is 0 Å². The molecule has 116 valence electrons. The number of hydrogen-bond acceptors (Lipinski definition) is 2. The van der Waals surface area contributed by atoms with E-state index in [0.717, 1.165) is 18.4 Å². The summed E-state index contributed by atoms with van der Waals surface area (Å²) in [6, 6.07) is 5.40. The van der Waals surface area contributed by atoms with Gasteiger partial charge in [0.15, 0.2) is 0 Å². The molecule has 2 N–H and O–H groups in total. The molecule has 1 aromatic carbocycles. The van der Waals surface area contributed by atoms with Crippen LogP contribution < -0.4 is 5.73 Å². The molecule has 0 saturated heterocycles. The third-order valence-corrected chi connectivity index (χ3v) is 4.39. The van der Waals surface area contributed by atoms with Crippen LogP contribution in [0.15, 0.2) is 18.2 Å². The molecule has 1 atom stereocenters. The van der Waals surface area contributed by atoms with Crippen molar-refractivity contribution in [2.45, 2.75) is 51.7 Å². The lowest BCUT2D eigenvalue weighted by molar-refractivity contribution is -0.134. The SMILES string of the molecule is CC(C)C[C@H](N)C(=O)N(Cc1ccc(Cl)c(Cl)c1)C1CC1. The molecule has 1 saturated carbocycles. The summed E-state index contributed by atoms with van der Waals surface area (Å²) in [5.41, 5.74) is 7.04. The van der Waals surface area contributed by atoms with Gasteiger partial charge in [0, 0.05) is 12.6 Å². The van der Waals surface area contributed by atoms with Crippen molar-refractivity contribution >= 4 is 29.1 Å². The highest BCUT2D eigenvalue weighted by atomic mass is 35.5. The number of hydrogen-bond donors (Lipinski definition) is 1. The van der Waals surface area contributed by atoms with Gasteiger partial charge in [0.1, 0.15) is 0 Å². The summed E-state index contributed by atoms with van der Waals surface area (Å²) in [5, 5.41) is 1.05. The van der Waals surface area contributed by atoms with E-state index >= 15 is 0 Å². The Morgan fingerprint density at radius 1 is 1.33 bits per heavy atom. The minimum atomic E-state index is -0.423. The first-order valence-corrected chi connectivity index (χ1v) is 8.14. The highest BCUT2D eigenvalue weighted by Crippen LogP contribution is 2.30. The van der Waals surface area contributed by atoms with Crippen molar-refractivity contribution in [3.63, 3.8) is 0 Å². The molecule has 21 heavy (non-hydrogen) atoms. The molecule has 1 amide bonds. The molecule has 0 heterocycles. The first-order chi connectivity index (χ1) is 9.88. The second-order valence-electron chi connectivity index (χ2n) is 6.18. The number of halogens is 2. The number of nitrogens with zero attached hydrogens (tertiary/aromatic N) is 1. The zero-order valence-corrected chi connectivity index (χ0v) is 14.0. The molecule has 1 aliphatic rings. The normalized spacial score (nSPS) is 16.1. The maximum atomic E-state index is 12.6. The minimum Gasteiger partial charge on any atom is -0.334 e. The summed E-state index contributed by atoms with van der Waals surface area (Å²) < 4.78 is 0. The van der Waals surface area contributed by atoms with Gasteiger partial charge in [0.05, 0.1) is 16.1 Å². The Balaban J connectivity index is 2.08. The smallest absolute Gasteiger partial charge is 0.240 e. The number of carbonyl (C=O) groups excluding carboxylic acids is 1. The van der Waals surface area contributed by atoms with Gasteiger partial charge in [-0.3, -0.25) is 4.79 Å². The highest BCUT2D eigenvalue weighted by molar-refractivity contribution is 6.42. The van der Waals surface area contributed by atoms with E-state index in [1.54, 1.807) is 6.07 Å². The van der Waals surface area contributed by atoms with Crippen molar-refractivity contribution < 1.29 is 4.79 Å². The summed E-state index contributed by atoms with van der Waals surface area (Å²) in [6.45, 7) is 4.70. The van der Waals surface area contributed by atoms with Crippen LogP contribution in [0.25, 0.3) is 0 Å². The third-order valence-electron chi connectivity index (χ3n) is 3.65. The molecule has 5 heteroatoms. The molecule has 3 nitrogen and oxygen atoms in total. The van der Waals surface area contributed by atoms with E-state index < -0.39 is 6.04 Å². The molecule has 1 aromatic rings. The van der Waals surface area contributed by atoms with E-state index in [0.29, 0.717) is 35.0 Å². The number of rotatable bonds is 6. The lowest BCUT2D eigenvalue weighted by atomic mass is 10.0. The van der Waals surface area contributed by atoms with E-state index in [1.807, 2.05) is 17.0 Å². The lowest BCUT2D eigenvalue weighted by Crippen LogP contribution is -2.45. The van der Waals surface area contributed by atoms with E-state index in [9.17, 15) is 4.79 Å². The Morgan fingerprint density at radius 2 is 2.00 bits per heavy atom. The molecular formula is C16H22Cl2N2O. The van der Waals surface area contributed by atoms with Crippen molar-refractivity contribution in [2.24, 2.45) is 11.7 Å². The van der Waals surface area contributed by atoms with E-state index in [2.05, 4.69) is 13.8 Å². The largest absolute Gasteiger partial charge is 0.334 e. The Hall–Kier alpha value is -0.770. The first-order valence-electron chi connectivity index (χ1n) is 7.38. The second-order valence-corrected chi connectivity index (χ2v) is 7.00. The van der Waals surface area contributed by atoms with E-state index in [4.69, 9.17) is 28.9 Å². The van der Waals surface area contributed by atoms with Crippen molar-refractivity contribution in [3.8, 4) is 0 Å². The van der Waals surface area contributed by atoms with Gasteiger partial charge in [-0.1, -0.05) is 43.1 Å². The first kappa shape index (κ1) is 16.6. The van der Waals surface area contributed by atoms with Gasteiger partial charge in [-0.05, 0) is 42.9 Å². The summed E-state index contributed by atoms with van der Waals surface area (Å²) >= 11 is 12.0. The lowest BCUT2D eigenvalue weighted by Gasteiger charge is -2.26. The number of carbonyl (C=O) groups is 1. The number of benzene rings is 1. The van der Waals surface area contributed by atoms with Crippen LogP contribution >= 0.6 is 23.2 Å². The van der Waals surface area contributed by atoms with Crippen LogP contribution in [0.2, 0.25) is 10.0 Å². The van der Waals surface area contributed by atoms with Gasteiger partial charge in [-0.25, -0.2) is 0 Å². The summed E-state index contributed by atoms with van der Waals surface area (Å²) in [6.07, 6.45) is 2.83. The fourth-order valence-electron chi connectivity index (χ4n) is 2.43. The Morgan fingerprint density at radius 3 is 2.52 bits per heavy atom. The highest BCUT2D eigenvalue weighted by Gasteiger charge is 2.34. The second kappa shape index (κ2) is 6.99. The van der Waals surface area contributed by atoms with Crippen LogP contribution in [0.4, 0.5) is 0 Å². The molecule has 2 rings (SSSR count). The van der Waals surface area contributed by atoms with Crippen molar-refractivity contribution in [1.82, 2.24) is 4.90 Å². The van der Waals surface area contributed by atoms with Crippen molar-refractivity contribution in [1.29, 1.82) is 0 Å². The van der Waals surface area contributed by atoms with Crippen molar-refractivity contribution in [3.05, 3.63) is 33.8 Å². The molecule has 1 aliphatic carbocycles. The van der Waals surface area contributed by atoms with Gasteiger partial charge in [0.25, 0.3) is 0 Å². The maximum Gasteiger partial charge on any atom is 0.240 e.